The van der Waals surface area contributed by atoms with Crippen molar-refractivity contribution < 1.29 is 0 Å². The third kappa shape index (κ3) is 3.76. The summed E-state index contributed by atoms with van der Waals surface area (Å²) < 4.78 is 0. The molecule has 6 nitrogen and oxygen atoms in total. The van der Waals surface area contributed by atoms with Gasteiger partial charge in [-0.05, 0) is 59.7 Å². The van der Waals surface area contributed by atoms with E-state index in [4.69, 9.17) is 0 Å². The van der Waals surface area contributed by atoms with E-state index in [-0.39, 0.29) is 5.56 Å². The Kier molecular flexibility index (Phi) is 4.88. The van der Waals surface area contributed by atoms with Gasteiger partial charge in [0.1, 0.15) is 0 Å². The zero-order chi connectivity index (χ0) is 20.5. The van der Waals surface area contributed by atoms with E-state index < -0.39 is 0 Å². The summed E-state index contributed by atoms with van der Waals surface area (Å²) in [6, 6.07) is 14.4. The second kappa shape index (κ2) is 7.84. The third-order valence-electron chi connectivity index (χ3n) is 5.28. The number of aromatic nitrogens is 5. The maximum Gasteiger partial charge on any atom is 0.260 e. The van der Waals surface area contributed by atoms with Crippen LogP contribution in [0.15, 0.2) is 53.3 Å². The number of benzene rings is 1. The molecule has 0 spiro atoms. The van der Waals surface area contributed by atoms with Crippen LogP contribution < -0.4 is 5.56 Å². The van der Waals surface area contributed by atoms with Gasteiger partial charge in [0.15, 0.2) is 0 Å². The Bertz CT molecular complexity index is 1250. The lowest BCUT2D eigenvalue weighted by molar-refractivity contribution is 0.881. The largest absolute Gasteiger partial charge is 0.321 e. The van der Waals surface area contributed by atoms with Gasteiger partial charge in [0, 0.05) is 21.0 Å². The molecule has 0 amide bonds. The summed E-state index contributed by atoms with van der Waals surface area (Å²) in [6.07, 6.45) is 8.00. The zero-order valence-corrected chi connectivity index (χ0v) is 17.4. The molecule has 1 aliphatic rings. The smallest absolute Gasteiger partial charge is 0.260 e. The summed E-state index contributed by atoms with van der Waals surface area (Å²) in [6.45, 7) is 2.12. The highest BCUT2D eigenvalue weighted by atomic mass is 32.1. The monoisotopic (exact) mass is 415 g/mol. The van der Waals surface area contributed by atoms with Gasteiger partial charge in [-0.2, -0.15) is 5.21 Å². The Morgan fingerprint density at radius 2 is 2.00 bits per heavy atom. The predicted molar refractivity (Wildman–Crippen MR) is 120 cm³/mol. The lowest BCUT2D eigenvalue weighted by Gasteiger charge is -2.09. The molecule has 1 aliphatic carbocycles. The van der Waals surface area contributed by atoms with E-state index >= 15 is 0 Å². The SMILES string of the molecule is CCc1ccc(-c2cc(-c3ccc(/C=C/C4CC4)cc3)[nH]c(=O)c2-c2nn[nH]n2)s1. The van der Waals surface area contributed by atoms with Gasteiger partial charge >= 0.3 is 0 Å². The van der Waals surface area contributed by atoms with Crippen molar-refractivity contribution in [3.05, 3.63) is 69.3 Å². The first kappa shape index (κ1) is 18.7. The van der Waals surface area contributed by atoms with Crippen LogP contribution in [0.25, 0.3) is 39.2 Å². The third-order valence-corrected chi connectivity index (χ3v) is 6.55. The van der Waals surface area contributed by atoms with Crippen molar-refractivity contribution in [2.24, 2.45) is 5.92 Å². The summed E-state index contributed by atoms with van der Waals surface area (Å²) in [7, 11) is 0. The zero-order valence-electron chi connectivity index (χ0n) is 16.6. The highest BCUT2D eigenvalue weighted by molar-refractivity contribution is 7.15. The number of pyridine rings is 1. The number of thiophene rings is 1. The molecule has 0 aliphatic heterocycles. The van der Waals surface area contributed by atoms with Gasteiger partial charge in [0.2, 0.25) is 5.82 Å². The first-order valence-electron chi connectivity index (χ1n) is 10.1. The summed E-state index contributed by atoms with van der Waals surface area (Å²) in [5.41, 5.74) is 3.92. The molecule has 0 radical (unpaired) electrons. The standard InChI is InChI=1S/C23H21N5OS/c1-2-17-11-12-20(30-17)18-13-19(24-23(29)21(18)22-25-27-28-26-22)16-9-7-15(8-10-16)6-5-14-3-4-14/h5-14H,2-4H2,1H3,(H,24,29)(H,25,26,27,28)/b6-5+. The molecule has 0 saturated heterocycles. The molecule has 4 aromatic rings. The minimum atomic E-state index is -0.229. The number of allylic oxidation sites excluding steroid dienone is 1. The number of aryl methyl sites for hydroxylation is 1. The van der Waals surface area contributed by atoms with Crippen LogP contribution in [0.5, 0.6) is 0 Å². The predicted octanol–water partition coefficient (Wildman–Crippen LogP) is 4.94. The number of hydrogen-bond donors (Lipinski definition) is 2. The maximum atomic E-state index is 13.0. The van der Waals surface area contributed by atoms with Crippen molar-refractivity contribution >= 4 is 17.4 Å². The fourth-order valence-electron chi connectivity index (χ4n) is 3.42. The van der Waals surface area contributed by atoms with Crippen LogP contribution in [0.1, 0.15) is 30.2 Å². The summed E-state index contributed by atoms with van der Waals surface area (Å²) in [5.74, 6) is 1.05. The molecule has 0 unspecified atom stereocenters. The molecule has 150 valence electrons. The molecule has 0 atom stereocenters. The molecule has 2 N–H and O–H groups in total. The number of tetrazole rings is 1. The average Bonchev–Trinajstić information content (AvgIpc) is 3.23. The van der Waals surface area contributed by atoms with E-state index in [2.05, 4.69) is 68.9 Å². The van der Waals surface area contributed by atoms with E-state index in [1.54, 1.807) is 11.3 Å². The van der Waals surface area contributed by atoms with Crippen LogP contribution in [0, 0.1) is 5.92 Å². The minimum absolute atomic E-state index is 0.229. The molecule has 1 fully saturated rings. The molecule has 1 saturated carbocycles. The van der Waals surface area contributed by atoms with Crippen molar-refractivity contribution in [2.45, 2.75) is 26.2 Å². The van der Waals surface area contributed by atoms with Crippen molar-refractivity contribution in [1.29, 1.82) is 0 Å². The first-order valence-corrected chi connectivity index (χ1v) is 10.9. The quantitative estimate of drug-likeness (QED) is 0.467. The van der Waals surface area contributed by atoms with Crippen molar-refractivity contribution in [3.8, 4) is 33.1 Å². The summed E-state index contributed by atoms with van der Waals surface area (Å²) >= 11 is 1.68. The van der Waals surface area contributed by atoms with Gasteiger partial charge in [0.25, 0.3) is 5.56 Å². The number of nitrogens with zero attached hydrogens (tertiary/aromatic N) is 3. The number of nitrogens with one attached hydrogen (secondary N) is 2. The second-order valence-electron chi connectivity index (χ2n) is 7.47. The molecule has 7 heteroatoms. The van der Waals surface area contributed by atoms with Crippen molar-refractivity contribution in [3.63, 3.8) is 0 Å². The Morgan fingerprint density at radius 3 is 2.67 bits per heavy atom. The Labute approximate surface area is 177 Å². The van der Waals surface area contributed by atoms with Crippen molar-refractivity contribution in [2.75, 3.05) is 0 Å². The normalized spacial score (nSPS) is 13.9. The maximum absolute atomic E-state index is 13.0. The van der Waals surface area contributed by atoms with Gasteiger partial charge in [-0.25, -0.2) is 0 Å². The Hall–Kier alpha value is -3.32. The van der Waals surface area contributed by atoms with Gasteiger partial charge in [0.05, 0.1) is 5.56 Å². The van der Waals surface area contributed by atoms with Crippen LogP contribution in [-0.4, -0.2) is 25.6 Å². The van der Waals surface area contributed by atoms with Crippen LogP contribution in [0.3, 0.4) is 0 Å². The lowest BCUT2D eigenvalue weighted by atomic mass is 10.0. The second-order valence-corrected chi connectivity index (χ2v) is 8.64. The van der Waals surface area contributed by atoms with E-state index in [0.717, 1.165) is 34.0 Å². The van der Waals surface area contributed by atoms with E-state index in [9.17, 15) is 4.79 Å². The molecule has 3 aromatic heterocycles. The Balaban J connectivity index is 1.58. The first-order chi connectivity index (χ1) is 14.7. The molecular formula is C23H21N5OS. The van der Waals surface area contributed by atoms with Crippen LogP contribution >= 0.6 is 11.3 Å². The van der Waals surface area contributed by atoms with Gasteiger partial charge in [-0.15, -0.1) is 21.5 Å². The van der Waals surface area contributed by atoms with E-state index in [1.165, 1.54) is 23.3 Å². The average molecular weight is 416 g/mol. The molecule has 3 heterocycles. The minimum Gasteiger partial charge on any atom is -0.321 e. The summed E-state index contributed by atoms with van der Waals surface area (Å²) in [5, 5.41) is 14.2. The Morgan fingerprint density at radius 1 is 1.17 bits per heavy atom. The van der Waals surface area contributed by atoms with Crippen LogP contribution in [-0.2, 0) is 6.42 Å². The fraction of sp³-hybridized carbons (Fsp3) is 0.217. The molecule has 0 bridgehead atoms. The number of hydrogen-bond acceptors (Lipinski definition) is 5. The van der Waals surface area contributed by atoms with Gasteiger partial charge in [-0.1, -0.05) is 43.3 Å². The van der Waals surface area contributed by atoms with Crippen molar-refractivity contribution in [1.82, 2.24) is 25.6 Å². The van der Waals surface area contributed by atoms with E-state index in [0.29, 0.717) is 11.4 Å². The topological polar surface area (TPSA) is 87.3 Å². The van der Waals surface area contributed by atoms with Crippen LogP contribution in [0.2, 0.25) is 0 Å². The van der Waals surface area contributed by atoms with Crippen LogP contribution in [0.4, 0.5) is 0 Å². The number of H-pyrrole nitrogens is 2. The number of rotatable bonds is 6. The lowest BCUT2D eigenvalue weighted by Crippen LogP contribution is -2.12. The van der Waals surface area contributed by atoms with Gasteiger partial charge in [-0.3, -0.25) is 4.79 Å². The van der Waals surface area contributed by atoms with Gasteiger partial charge < -0.3 is 4.98 Å². The molecule has 1 aromatic carbocycles. The van der Waals surface area contributed by atoms with E-state index in [1.807, 2.05) is 18.2 Å². The molecular weight excluding hydrogens is 394 g/mol. The molecule has 5 rings (SSSR count). The highest BCUT2D eigenvalue weighted by Crippen LogP contribution is 2.35. The highest BCUT2D eigenvalue weighted by Gasteiger charge is 2.19. The number of aromatic amines is 2. The fourth-order valence-corrected chi connectivity index (χ4v) is 4.39. The summed E-state index contributed by atoms with van der Waals surface area (Å²) in [4.78, 5) is 18.3. The molecule has 30 heavy (non-hydrogen) atoms.